The van der Waals surface area contributed by atoms with Crippen LogP contribution in [0.5, 0.6) is 0 Å². The highest BCUT2D eigenvalue weighted by Gasteiger charge is 2.34. The van der Waals surface area contributed by atoms with Gasteiger partial charge in [-0.05, 0) is 73.0 Å². The summed E-state index contributed by atoms with van der Waals surface area (Å²) in [4.78, 5) is 27.5. The predicted molar refractivity (Wildman–Crippen MR) is 110 cm³/mol. The van der Waals surface area contributed by atoms with Crippen LogP contribution in [0.3, 0.4) is 0 Å². The van der Waals surface area contributed by atoms with Gasteiger partial charge < -0.3 is 10.2 Å². The van der Waals surface area contributed by atoms with Crippen LogP contribution in [-0.2, 0) is 4.79 Å². The molecule has 1 atom stereocenters. The molecule has 0 aliphatic carbocycles. The molecule has 4 rings (SSSR count). The number of aryl methyl sites for hydroxylation is 2. The van der Waals surface area contributed by atoms with Gasteiger partial charge in [0.2, 0.25) is 5.91 Å². The largest absolute Gasteiger partial charge is 0.324 e. The zero-order chi connectivity index (χ0) is 21.4. The second-order valence-corrected chi connectivity index (χ2v) is 7.47. The Morgan fingerprint density at radius 2 is 1.63 bits per heavy atom. The number of hydrogen-bond acceptors (Lipinski definition) is 2. The number of halogens is 2. The highest BCUT2D eigenvalue weighted by molar-refractivity contribution is 6.01. The van der Waals surface area contributed by atoms with Crippen molar-refractivity contribution >= 4 is 17.5 Å². The van der Waals surface area contributed by atoms with Gasteiger partial charge in [0.25, 0.3) is 5.91 Å². The van der Waals surface area contributed by atoms with Gasteiger partial charge in [-0.1, -0.05) is 18.2 Å². The van der Waals surface area contributed by atoms with Gasteiger partial charge in [0.05, 0.1) is 6.04 Å². The van der Waals surface area contributed by atoms with E-state index in [9.17, 15) is 18.4 Å². The fourth-order valence-corrected chi connectivity index (χ4v) is 3.71. The van der Waals surface area contributed by atoms with Crippen LogP contribution in [0.4, 0.5) is 14.5 Å². The van der Waals surface area contributed by atoms with Crippen molar-refractivity contribution in [2.45, 2.75) is 19.9 Å². The van der Waals surface area contributed by atoms with Gasteiger partial charge in [-0.3, -0.25) is 9.59 Å². The lowest BCUT2D eigenvalue weighted by molar-refractivity contribution is -0.117. The molecule has 0 aromatic heterocycles. The molecule has 152 valence electrons. The molecular formula is C24H20F2N2O2. The first-order valence-corrected chi connectivity index (χ1v) is 9.56. The Morgan fingerprint density at radius 3 is 2.33 bits per heavy atom. The Labute approximate surface area is 173 Å². The van der Waals surface area contributed by atoms with Gasteiger partial charge >= 0.3 is 0 Å². The molecule has 0 unspecified atom stereocenters. The van der Waals surface area contributed by atoms with E-state index in [1.54, 1.807) is 24.3 Å². The van der Waals surface area contributed by atoms with Crippen molar-refractivity contribution in [3.05, 3.63) is 100 Å². The van der Waals surface area contributed by atoms with Crippen molar-refractivity contribution in [1.82, 2.24) is 4.90 Å². The number of nitrogens with zero attached hydrogens (tertiary/aromatic N) is 1. The molecule has 30 heavy (non-hydrogen) atoms. The third-order valence-corrected chi connectivity index (χ3v) is 5.41. The van der Waals surface area contributed by atoms with Crippen LogP contribution in [-0.4, -0.2) is 23.3 Å². The first kappa shape index (κ1) is 19.8. The summed E-state index contributed by atoms with van der Waals surface area (Å²) >= 11 is 0. The molecule has 0 fully saturated rings. The molecule has 0 radical (unpaired) electrons. The number of rotatable bonds is 2. The van der Waals surface area contributed by atoms with Crippen molar-refractivity contribution in [3.63, 3.8) is 0 Å². The average molecular weight is 406 g/mol. The topological polar surface area (TPSA) is 49.4 Å². The van der Waals surface area contributed by atoms with E-state index in [4.69, 9.17) is 0 Å². The Kier molecular flexibility index (Phi) is 5.08. The van der Waals surface area contributed by atoms with Crippen LogP contribution in [0.2, 0.25) is 0 Å². The summed E-state index contributed by atoms with van der Waals surface area (Å²) in [5.74, 6) is -1.66. The van der Waals surface area contributed by atoms with E-state index in [0.29, 0.717) is 22.4 Å². The van der Waals surface area contributed by atoms with Crippen LogP contribution >= 0.6 is 0 Å². The Balaban J connectivity index is 1.89. The number of carbonyl (C=O) groups excluding carboxylic acids is 2. The number of hydrogen-bond donors (Lipinski definition) is 1. The molecule has 0 spiro atoms. The highest BCUT2D eigenvalue weighted by atomic mass is 19.1. The minimum atomic E-state index is -0.760. The number of carbonyl (C=O) groups is 2. The van der Waals surface area contributed by atoms with Crippen LogP contribution in [0.15, 0.2) is 60.7 Å². The Hall–Kier alpha value is -3.54. The minimum Gasteiger partial charge on any atom is -0.324 e. The second-order valence-electron chi connectivity index (χ2n) is 7.47. The van der Waals surface area contributed by atoms with E-state index in [1.807, 2.05) is 19.9 Å². The summed E-state index contributed by atoms with van der Waals surface area (Å²) in [7, 11) is 0. The zero-order valence-electron chi connectivity index (χ0n) is 16.6. The van der Waals surface area contributed by atoms with Crippen molar-refractivity contribution in [2.24, 2.45) is 0 Å². The van der Waals surface area contributed by atoms with Crippen LogP contribution in [0.25, 0.3) is 0 Å². The van der Waals surface area contributed by atoms with Gasteiger partial charge in [-0.15, -0.1) is 0 Å². The van der Waals surface area contributed by atoms with Crippen LogP contribution in [0.1, 0.15) is 38.7 Å². The molecule has 1 N–H and O–H groups in total. The normalized spacial score (nSPS) is 15.9. The van der Waals surface area contributed by atoms with E-state index < -0.39 is 17.7 Å². The van der Waals surface area contributed by atoms with Crippen LogP contribution in [0, 0.1) is 25.5 Å². The number of fused-ring (bicyclic) bond motifs is 1. The maximum atomic E-state index is 14.1. The van der Waals surface area contributed by atoms with E-state index in [1.165, 1.54) is 35.2 Å². The monoisotopic (exact) mass is 406 g/mol. The molecule has 1 heterocycles. The summed E-state index contributed by atoms with van der Waals surface area (Å²) in [5, 5.41) is 2.74. The SMILES string of the molecule is Cc1ccc(C(=O)N2CC(=O)Nc3ccc(F)cc3[C@@H]2c2ccc(F)cc2)cc1C. The van der Waals surface area contributed by atoms with Crippen molar-refractivity contribution in [2.75, 3.05) is 11.9 Å². The Morgan fingerprint density at radius 1 is 0.933 bits per heavy atom. The van der Waals surface area contributed by atoms with E-state index >= 15 is 0 Å². The molecule has 3 aromatic carbocycles. The maximum Gasteiger partial charge on any atom is 0.255 e. The number of benzene rings is 3. The van der Waals surface area contributed by atoms with Crippen LogP contribution < -0.4 is 5.32 Å². The van der Waals surface area contributed by atoms with Crippen molar-refractivity contribution in [1.29, 1.82) is 0 Å². The molecular weight excluding hydrogens is 386 g/mol. The molecule has 0 saturated heterocycles. The number of amides is 2. The summed E-state index contributed by atoms with van der Waals surface area (Å²) in [6.07, 6.45) is 0. The van der Waals surface area contributed by atoms with Gasteiger partial charge in [0, 0.05) is 16.8 Å². The smallest absolute Gasteiger partial charge is 0.255 e. The molecule has 0 saturated carbocycles. The lowest BCUT2D eigenvalue weighted by atomic mass is 9.94. The third kappa shape index (κ3) is 3.68. The standard InChI is InChI=1S/C24H20F2N2O2/c1-14-3-4-17(11-15(14)2)24(30)28-13-22(29)27-21-10-9-19(26)12-20(21)23(28)16-5-7-18(25)8-6-16/h3-12,23H,13H2,1-2H3,(H,27,29)/t23-/m0/s1. The quantitative estimate of drug-likeness (QED) is 0.667. The summed E-state index contributed by atoms with van der Waals surface area (Å²) in [5.41, 5.74) is 3.86. The van der Waals surface area contributed by atoms with E-state index in [2.05, 4.69) is 5.32 Å². The fourth-order valence-electron chi connectivity index (χ4n) is 3.71. The van der Waals surface area contributed by atoms with E-state index in [0.717, 1.165) is 11.1 Å². The van der Waals surface area contributed by atoms with Gasteiger partial charge in [-0.2, -0.15) is 0 Å². The second kappa shape index (κ2) is 7.71. The summed E-state index contributed by atoms with van der Waals surface area (Å²) < 4.78 is 27.7. The average Bonchev–Trinajstić information content (AvgIpc) is 2.86. The maximum absolute atomic E-state index is 14.1. The zero-order valence-corrected chi connectivity index (χ0v) is 16.6. The number of anilines is 1. The van der Waals surface area contributed by atoms with Gasteiger partial charge in [0.1, 0.15) is 18.2 Å². The molecule has 2 amide bonds. The minimum absolute atomic E-state index is 0.218. The molecule has 3 aromatic rings. The van der Waals surface area contributed by atoms with Gasteiger partial charge in [0.15, 0.2) is 0 Å². The van der Waals surface area contributed by atoms with Crippen molar-refractivity contribution in [3.8, 4) is 0 Å². The lowest BCUT2D eigenvalue weighted by Crippen LogP contribution is -2.39. The summed E-state index contributed by atoms with van der Waals surface area (Å²) in [6, 6.07) is 14.3. The predicted octanol–water partition coefficient (Wildman–Crippen LogP) is 4.77. The third-order valence-electron chi connectivity index (χ3n) is 5.41. The fraction of sp³-hybridized carbons (Fsp3) is 0.167. The highest BCUT2D eigenvalue weighted by Crippen LogP contribution is 2.37. The lowest BCUT2D eigenvalue weighted by Gasteiger charge is -2.31. The number of nitrogens with one attached hydrogen (secondary N) is 1. The Bertz CT molecular complexity index is 1140. The molecule has 1 aliphatic rings. The molecule has 1 aliphatic heterocycles. The first-order chi connectivity index (χ1) is 14.3. The molecule has 0 bridgehead atoms. The first-order valence-electron chi connectivity index (χ1n) is 9.56. The molecule has 4 nitrogen and oxygen atoms in total. The summed E-state index contributed by atoms with van der Waals surface area (Å²) in [6.45, 7) is 3.64. The van der Waals surface area contributed by atoms with E-state index in [-0.39, 0.29) is 18.4 Å². The molecule has 6 heteroatoms. The van der Waals surface area contributed by atoms with Crippen molar-refractivity contribution < 1.29 is 18.4 Å². The van der Waals surface area contributed by atoms with Gasteiger partial charge in [-0.25, -0.2) is 8.78 Å².